The van der Waals surface area contributed by atoms with Crippen molar-refractivity contribution in [3.8, 4) is 0 Å². The summed E-state index contributed by atoms with van der Waals surface area (Å²) in [6.45, 7) is 14.9. The van der Waals surface area contributed by atoms with Gasteiger partial charge in [0, 0.05) is 12.8 Å². The summed E-state index contributed by atoms with van der Waals surface area (Å²) in [5, 5.41) is 0. The van der Waals surface area contributed by atoms with Gasteiger partial charge in [0.05, 0.1) is 0 Å². The number of ether oxygens (including phenoxy) is 1. The Balaban J connectivity index is 1.12. The summed E-state index contributed by atoms with van der Waals surface area (Å²) in [5.74, 6) is 5.31. The van der Waals surface area contributed by atoms with Crippen molar-refractivity contribution in [2.75, 3.05) is 0 Å². The van der Waals surface area contributed by atoms with Crippen LogP contribution < -0.4 is 0 Å². The van der Waals surface area contributed by atoms with Crippen molar-refractivity contribution in [2.24, 2.45) is 46.3 Å². The van der Waals surface area contributed by atoms with Gasteiger partial charge < -0.3 is 4.74 Å². The Morgan fingerprint density at radius 1 is 0.809 bits per heavy atom. The number of unbranched alkanes of at least 4 members (excludes halogenated alkanes) is 11. The molecule has 0 unspecified atom stereocenters. The minimum Gasteiger partial charge on any atom is -0.462 e. The lowest BCUT2D eigenvalue weighted by molar-refractivity contribution is -0.151. The Morgan fingerprint density at radius 2 is 1.49 bits per heavy atom. The van der Waals surface area contributed by atoms with E-state index in [0.717, 1.165) is 61.2 Å². The molecule has 0 aromatic heterocycles. The molecule has 4 aliphatic rings. The van der Waals surface area contributed by atoms with Gasteiger partial charge in [-0.15, -0.1) is 0 Å². The number of hydrogen-bond acceptors (Lipinski definition) is 2. The van der Waals surface area contributed by atoms with Crippen molar-refractivity contribution in [3.63, 3.8) is 0 Å². The summed E-state index contributed by atoms with van der Waals surface area (Å²) in [5.41, 5.74) is 2.53. The van der Waals surface area contributed by atoms with Crippen LogP contribution in [0.25, 0.3) is 0 Å². The van der Waals surface area contributed by atoms with Crippen LogP contribution in [0.5, 0.6) is 0 Å². The highest BCUT2D eigenvalue weighted by Crippen LogP contribution is 2.67. The van der Waals surface area contributed by atoms with Gasteiger partial charge in [-0.3, -0.25) is 4.79 Å². The zero-order valence-electron chi connectivity index (χ0n) is 32.3. The molecule has 0 aromatic carbocycles. The number of esters is 1. The van der Waals surface area contributed by atoms with Crippen molar-refractivity contribution in [2.45, 2.75) is 208 Å². The normalized spacial score (nSPS) is 32.6. The van der Waals surface area contributed by atoms with E-state index in [9.17, 15) is 4.79 Å². The first-order valence-corrected chi connectivity index (χ1v) is 21.2. The van der Waals surface area contributed by atoms with Crippen molar-refractivity contribution >= 4 is 5.97 Å². The Labute approximate surface area is 293 Å². The number of carbonyl (C=O) groups excluding carboxylic acids is 1. The van der Waals surface area contributed by atoms with Crippen molar-refractivity contribution in [1.82, 2.24) is 0 Å². The lowest BCUT2D eigenvalue weighted by Gasteiger charge is -2.58. The lowest BCUT2D eigenvalue weighted by atomic mass is 9.47. The summed E-state index contributed by atoms with van der Waals surface area (Å²) >= 11 is 0. The third-order valence-corrected chi connectivity index (χ3v) is 14.2. The molecule has 4 aliphatic carbocycles. The number of allylic oxidation sites excluding steroid dienone is 3. The third kappa shape index (κ3) is 10.7. The van der Waals surface area contributed by atoms with E-state index in [-0.39, 0.29) is 12.1 Å². The first-order chi connectivity index (χ1) is 22.7. The Hall–Kier alpha value is -1.05. The highest BCUT2D eigenvalue weighted by atomic mass is 16.5. The summed E-state index contributed by atoms with van der Waals surface area (Å²) in [6.07, 6.45) is 39.5. The molecule has 0 heterocycles. The van der Waals surface area contributed by atoms with Crippen LogP contribution in [0.4, 0.5) is 0 Å². The van der Waals surface area contributed by atoms with Gasteiger partial charge in [0.1, 0.15) is 6.10 Å². The summed E-state index contributed by atoms with van der Waals surface area (Å²) in [6, 6.07) is 0. The molecule has 0 spiro atoms. The average molecular weight is 651 g/mol. The minimum atomic E-state index is 0.0541. The van der Waals surface area contributed by atoms with Crippen molar-refractivity contribution in [1.29, 1.82) is 0 Å². The molecule has 47 heavy (non-hydrogen) atoms. The molecule has 0 saturated heterocycles. The van der Waals surface area contributed by atoms with Gasteiger partial charge >= 0.3 is 5.97 Å². The average Bonchev–Trinajstić information content (AvgIpc) is 3.40. The molecule has 3 fully saturated rings. The molecule has 2 nitrogen and oxygen atoms in total. The zero-order chi connectivity index (χ0) is 33.7. The van der Waals surface area contributed by atoms with E-state index in [1.807, 2.05) is 0 Å². The van der Waals surface area contributed by atoms with E-state index in [2.05, 4.69) is 59.8 Å². The van der Waals surface area contributed by atoms with Crippen LogP contribution in [0.15, 0.2) is 23.8 Å². The number of hydrogen-bond donors (Lipinski definition) is 0. The van der Waals surface area contributed by atoms with Gasteiger partial charge in [0.25, 0.3) is 0 Å². The number of carbonyl (C=O) groups is 1. The molecule has 0 bridgehead atoms. The highest BCUT2D eigenvalue weighted by Gasteiger charge is 2.59. The fourth-order valence-electron chi connectivity index (χ4n) is 11.3. The monoisotopic (exact) mass is 651 g/mol. The Bertz CT molecular complexity index is 976. The molecule has 0 aromatic rings. The van der Waals surface area contributed by atoms with Gasteiger partial charge in [0.15, 0.2) is 0 Å². The standard InChI is InChI=1S/C45H78O2/c1-7-8-9-10-11-12-13-14-15-16-17-18-19-20-21-25-43(46)47-38-30-32-44(5)37(34-38)26-27-39-41-29-28-40(36(4)24-22-23-35(2)3)45(41,6)33-31-42(39)44/h14-15,26,35-36,38-42H,7-13,16-25,27-34H2,1-6H3/b15-14-/t36-,38+,39-,40-,41-,42+,44+,45-/m1/s1. The second-order valence-electron chi connectivity index (χ2n) is 18.0. The van der Waals surface area contributed by atoms with E-state index in [1.165, 1.54) is 128 Å². The van der Waals surface area contributed by atoms with Gasteiger partial charge in [-0.1, -0.05) is 136 Å². The first-order valence-electron chi connectivity index (χ1n) is 21.2. The molecule has 4 rings (SSSR count). The number of rotatable bonds is 21. The maximum absolute atomic E-state index is 12.8. The molecule has 0 N–H and O–H groups in total. The summed E-state index contributed by atoms with van der Waals surface area (Å²) < 4.78 is 6.12. The SMILES string of the molecule is CCCCCCCC/C=C\CCCCCCCC(=O)O[C@H]1CC[C@@]2(C)C(=CC[C@@H]3[C@H]4CC[C@H]([C@H](C)CCCC(C)C)[C@@]4(C)CC[C@@H]32)C1. The highest BCUT2D eigenvalue weighted by molar-refractivity contribution is 5.69. The van der Waals surface area contributed by atoms with E-state index < -0.39 is 0 Å². The second kappa shape index (κ2) is 19.4. The smallest absolute Gasteiger partial charge is 0.306 e. The zero-order valence-corrected chi connectivity index (χ0v) is 32.3. The fraction of sp³-hybridized carbons (Fsp3) is 0.889. The predicted molar refractivity (Wildman–Crippen MR) is 202 cm³/mol. The van der Waals surface area contributed by atoms with Gasteiger partial charge in [-0.2, -0.15) is 0 Å². The van der Waals surface area contributed by atoms with Crippen LogP contribution in [-0.4, -0.2) is 12.1 Å². The largest absolute Gasteiger partial charge is 0.462 e. The lowest BCUT2D eigenvalue weighted by Crippen LogP contribution is -2.51. The van der Waals surface area contributed by atoms with Gasteiger partial charge in [0.2, 0.25) is 0 Å². The minimum absolute atomic E-state index is 0.0541. The van der Waals surface area contributed by atoms with Gasteiger partial charge in [-0.05, 0) is 123 Å². The van der Waals surface area contributed by atoms with Crippen LogP contribution in [0.2, 0.25) is 0 Å². The van der Waals surface area contributed by atoms with Gasteiger partial charge in [-0.25, -0.2) is 0 Å². The number of fused-ring (bicyclic) bond motifs is 5. The molecule has 0 aliphatic heterocycles. The summed E-state index contributed by atoms with van der Waals surface area (Å²) in [7, 11) is 0. The molecule has 270 valence electrons. The van der Waals surface area contributed by atoms with E-state index >= 15 is 0 Å². The molecule has 0 radical (unpaired) electrons. The topological polar surface area (TPSA) is 26.3 Å². The fourth-order valence-corrected chi connectivity index (χ4v) is 11.3. The van der Waals surface area contributed by atoms with Crippen LogP contribution in [0.3, 0.4) is 0 Å². The van der Waals surface area contributed by atoms with Crippen molar-refractivity contribution in [3.05, 3.63) is 23.8 Å². The molecular weight excluding hydrogens is 572 g/mol. The maximum Gasteiger partial charge on any atom is 0.306 e. The maximum atomic E-state index is 12.8. The Morgan fingerprint density at radius 3 is 2.19 bits per heavy atom. The Kier molecular flexibility index (Phi) is 16.0. The van der Waals surface area contributed by atoms with Crippen LogP contribution in [-0.2, 0) is 9.53 Å². The predicted octanol–water partition coefficient (Wildman–Crippen LogP) is 14.0. The van der Waals surface area contributed by atoms with E-state index in [4.69, 9.17) is 4.74 Å². The van der Waals surface area contributed by atoms with Crippen molar-refractivity contribution < 1.29 is 9.53 Å². The molecule has 3 saturated carbocycles. The van der Waals surface area contributed by atoms with Crippen LogP contribution in [0.1, 0.15) is 202 Å². The summed E-state index contributed by atoms with van der Waals surface area (Å²) in [4.78, 5) is 12.8. The van der Waals surface area contributed by atoms with E-state index in [1.54, 1.807) is 5.57 Å². The van der Waals surface area contributed by atoms with Crippen LogP contribution in [0, 0.1) is 46.3 Å². The third-order valence-electron chi connectivity index (χ3n) is 14.2. The molecule has 0 amide bonds. The molecule has 8 atom stereocenters. The first kappa shape index (κ1) is 38.7. The van der Waals surface area contributed by atoms with E-state index in [0.29, 0.717) is 17.3 Å². The quantitative estimate of drug-likeness (QED) is 0.0702. The molecule has 2 heteroatoms. The van der Waals surface area contributed by atoms with Crippen LogP contribution >= 0.6 is 0 Å². The second-order valence-corrected chi connectivity index (χ2v) is 18.0. The molecular formula is C45H78O2.